The molecule has 0 N–H and O–H groups in total. The molecule has 1 aromatic rings. The van der Waals surface area contributed by atoms with E-state index >= 15 is 0 Å². The Bertz CT molecular complexity index is 761. The molecule has 1 fully saturated rings. The van der Waals surface area contributed by atoms with Crippen molar-refractivity contribution in [1.29, 1.82) is 0 Å². The molecule has 1 aromatic carbocycles. The van der Waals surface area contributed by atoms with Gasteiger partial charge in [0.1, 0.15) is 15.8 Å². The van der Waals surface area contributed by atoms with Crippen LogP contribution in [0.25, 0.3) is 0 Å². The van der Waals surface area contributed by atoms with Gasteiger partial charge in [-0.3, -0.25) is 9.59 Å². The lowest BCUT2D eigenvalue weighted by molar-refractivity contribution is -0.143. The molecule has 0 spiro atoms. The highest BCUT2D eigenvalue weighted by atomic mass is 35.5. The highest BCUT2D eigenvalue weighted by Gasteiger charge is 2.52. The Labute approximate surface area is 137 Å². The van der Waals surface area contributed by atoms with Gasteiger partial charge in [-0.15, -0.1) is 23.2 Å². The molecule has 6 nitrogen and oxygen atoms in total. The Kier molecular flexibility index (Phi) is 3.62. The molecule has 0 unspecified atom stereocenters. The van der Waals surface area contributed by atoms with Gasteiger partial charge in [0.2, 0.25) is 0 Å². The lowest BCUT2D eigenvalue weighted by Gasteiger charge is -2.14. The van der Waals surface area contributed by atoms with E-state index in [9.17, 15) is 18.0 Å². The average molecular weight is 364 g/mol. The Balaban J connectivity index is 1.69. The molecule has 2 aliphatic rings. The molecule has 0 radical (unpaired) electrons. The normalized spacial score (nSPS) is 24.0. The van der Waals surface area contributed by atoms with E-state index in [-0.39, 0.29) is 23.0 Å². The molecule has 1 amide bonds. The van der Waals surface area contributed by atoms with Crippen LogP contribution in [0.5, 0.6) is 0 Å². The van der Waals surface area contributed by atoms with Crippen molar-refractivity contribution in [1.82, 2.24) is 4.31 Å². The number of carbonyl (C=O) groups excluding carboxylic acids is 2. The first-order valence-corrected chi connectivity index (χ1v) is 8.62. The predicted molar refractivity (Wildman–Crippen MR) is 78.2 cm³/mol. The van der Waals surface area contributed by atoms with Gasteiger partial charge < -0.3 is 4.74 Å². The van der Waals surface area contributed by atoms with Crippen molar-refractivity contribution in [3.63, 3.8) is 0 Å². The molecule has 1 aliphatic carbocycles. The zero-order valence-electron chi connectivity index (χ0n) is 11.2. The Hall–Kier alpha value is -1.31. The molecule has 0 bridgehead atoms. The highest BCUT2D eigenvalue weighted by molar-refractivity contribution is 7.90. The second-order valence-electron chi connectivity index (χ2n) is 5.16. The summed E-state index contributed by atoms with van der Waals surface area (Å²) in [7, 11) is -4.01. The minimum absolute atomic E-state index is 0.000853. The SMILES string of the molecule is O=C(CN1C(=O)c2ccccc2S1(=O)=O)OC[C@@H]1CC1(Cl)Cl. The van der Waals surface area contributed by atoms with Crippen molar-refractivity contribution in [2.24, 2.45) is 5.92 Å². The summed E-state index contributed by atoms with van der Waals surface area (Å²) < 4.78 is 29.0. The zero-order chi connectivity index (χ0) is 16.1. The molecular formula is C13H11Cl2NO5S. The van der Waals surface area contributed by atoms with Gasteiger partial charge in [0.15, 0.2) is 0 Å². The van der Waals surface area contributed by atoms with Crippen molar-refractivity contribution < 1.29 is 22.7 Å². The standard InChI is InChI=1S/C13H11Cl2NO5S/c14-13(15)5-8(13)7-21-11(17)6-16-12(18)9-3-1-2-4-10(9)22(16,19)20/h1-4,8H,5-7H2/t8-/m0/s1. The molecule has 0 saturated heterocycles. The van der Waals surface area contributed by atoms with E-state index in [0.717, 1.165) is 0 Å². The highest BCUT2D eigenvalue weighted by Crippen LogP contribution is 2.53. The fraction of sp³-hybridized carbons (Fsp3) is 0.385. The predicted octanol–water partition coefficient (Wildman–Crippen LogP) is 1.57. The van der Waals surface area contributed by atoms with E-state index in [0.29, 0.717) is 10.7 Å². The Morgan fingerprint density at radius 3 is 2.59 bits per heavy atom. The van der Waals surface area contributed by atoms with Crippen LogP contribution in [-0.4, -0.2) is 42.1 Å². The van der Waals surface area contributed by atoms with E-state index < -0.39 is 32.8 Å². The maximum absolute atomic E-state index is 12.2. The molecule has 0 aromatic heterocycles. The van der Waals surface area contributed by atoms with E-state index in [1.165, 1.54) is 18.2 Å². The number of ether oxygens (including phenoxy) is 1. The van der Waals surface area contributed by atoms with Crippen LogP contribution in [0.1, 0.15) is 16.8 Å². The second-order valence-corrected chi connectivity index (χ2v) is 8.53. The van der Waals surface area contributed by atoms with E-state index in [4.69, 9.17) is 27.9 Å². The van der Waals surface area contributed by atoms with Crippen LogP contribution in [-0.2, 0) is 19.6 Å². The van der Waals surface area contributed by atoms with Gasteiger partial charge in [-0.05, 0) is 18.6 Å². The molecule has 1 atom stereocenters. The quantitative estimate of drug-likeness (QED) is 0.599. The third kappa shape index (κ3) is 2.57. The number of hydrogen-bond acceptors (Lipinski definition) is 5. The average Bonchev–Trinajstić information content (AvgIpc) is 3.03. The number of esters is 1. The topological polar surface area (TPSA) is 80.8 Å². The summed E-state index contributed by atoms with van der Waals surface area (Å²) in [5.41, 5.74) is 0.0537. The number of alkyl halides is 2. The molecular weight excluding hydrogens is 353 g/mol. The lowest BCUT2D eigenvalue weighted by Crippen LogP contribution is -2.36. The van der Waals surface area contributed by atoms with Crippen molar-refractivity contribution in [2.75, 3.05) is 13.2 Å². The smallest absolute Gasteiger partial charge is 0.326 e. The number of fused-ring (bicyclic) bond motifs is 1. The van der Waals surface area contributed by atoms with Crippen LogP contribution < -0.4 is 0 Å². The molecule has 1 heterocycles. The van der Waals surface area contributed by atoms with Crippen LogP contribution in [0, 0.1) is 5.92 Å². The van der Waals surface area contributed by atoms with Crippen LogP contribution in [0.4, 0.5) is 0 Å². The fourth-order valence-electron chi connectivity index (χ4n) is 2.19. The van der Waals surface area contributed by atoms with Crippen LogP contribution in [0.3, 0.4) is 0 Å². The first-order valence-electron chi connectivity index (χ1n) is 6.43. The first-order chi connectivity index (χ1) is 10.2. The third-order valence-electron chi connectivity index (χ3n) is 3.59. The summed E-state index contributed by atoms with van der Waals surface area (Å²) >= 11 is 11.6. The van der Waals surface area contributed by atoms with Gasteiger partial charge in [-0.2, -0.15) is 0 Å². The van der Waals surface area contributed by atoms with Crippen LogP contribution in [0.2, 0.25) is 0 Å². The Morgan fingerprint density at radius 1 is 1.36 bits per heavy atom. The largest absolute Gasteiger partial charge is 0.464 e. The number of amides is 1. The third-order valence-corrected chi connectivity index (χ3v) is 6.30. The monoisotopic (exact) mass is 363 g/mol. The van der Waals surface area contributed by atoms with Crippen molar-refractivity contribution in [2.45, 2.75) is 15.6 Å². The summed E-state index contributed by atoms with van der Waals surface area (Å²) in [6.07, 6.45) is 0.510. The minimum atomic E-state index is -4.01. The maximum Gasteiger partial charge on any atom is 0.326 e. The molecule has 3 rings (SSSR count). The van der Waals surface area contributed by atoms with E-state index in [1.54, 1.807) is 6.07 Å². The summed E-state index contributed by atoms with van der Waals surface area (Å²) in [4.78, 5) is 23.8. The molecule has 1 saturated carbocycles. The summed E-state index contributed by atoms with van der Waals surface area (Å²) in [5.74, 6) is -1.72. The first kappa shape index (κ1) is 15.6. The van der Waals surface area contributed by atoms with Gasteiger partial charge in [0.05, 0.1) is 12.2 Å². The number of benzene rings is 1. The Morgan fingerprint density at radius 2 is 2.00 bits per heavy atom. The maximum atomic E-state index is 12.2. The van der Waals surface area contributed by atoms with Gasteiger partial charge >= 0.3 is 5.97 Å². The minimum Gasteiger partial charge on any atom is -0.464 e. The summed E-state index contributed by atoms with van der Waals surface area (Å²) in [6, 6.07) is 5.80. The van der Waals surface area contributed by atoms with Crippen molar-refractivity contribution >= 4 is 45.1 Å². The molecule has 9 heteroatoms. The van der Waals surface area contributed by atoms with Gasteiger partial charge in [0, 0.05) is 5.92 Å². The summed E-state index contributed by atoms with van der Waals surface area (Å²) in [6.45, 7) is -0.666. The number of nitrogens with zero attached hydrogens (tertiary/aromatic N) is 1. The molecule has 22 heavy (non-hydrogen) atoms. The zero-order valence-corrected chi connectivity index (χ0v) is 13.5. The van der Waals surface area contributed by atoms with E-state index in [2.05, 4.69) is 0 Å². The number of rotatable bonds is 4. The van der Waals surface area contributed by atoms with Crippen LogP contribution in [0.15, 0.2) is 29.2 Å². The van der Waals surface area contributed by atoms with Gasteiger partial charge in [0.25, 0.3) is 15.9 Å². The second kappa shape index (κ2) is 5.11. The lowest BCUT2D eigenvalue weighted by atomic mass is 10.2. The molecule has 118 valence electrons. The van der Waals surface area contributed by atoms with Crippen LogP contribution >= 0.6 is 23.2 Å². The number of hydrogen-bond donors (Lipinski definition) is 0. The van der Waals surface area contributed by atoms with Crippen molar-refractivity contribution in [3.8, 4) is 0 Å². The summed E-state index contributed by atoms with van der Waals surface area (Å²) in [5, 5.41) is 0. The van der Waals surface area contributed by atoms with Crippen molar-refractivity contribution in [3.05, 3.63) is 29.8 Å². The fourth-order valence-corrected chi connectivity index (χ4v) is 4.21. The number of halogens is 2. The number of carbonyl (C=O) groups is 2. The van der Waals surface area contributed by atoms with E-state index in [1.807, 2.05) is 0 Å². The molecule has 1 aliphatic heterocycles. The number of sulfonamides is 1. The van der Waals surface area contributed by atoms with Gasteiger partial charge in [-0.1, -0.05) is 12.1 Å². The van der Waals surface area contributed by atoms with Gasteiger partial charge in [-0.25, -0.2) is 12.7 Å².